The van der Waals surface area contributed by atoms with Crippen molar-refractivity contribution in [2.45, 2.75) is 37.3 Å². The van der Waals surface area contributed by atoms with Crippen molar-refractivity contribution in [1.82, 2.24) is 0 Å². The molecule has 0 fully saturated rings. The summed E-state index contributed by atoms with van der Waals surface area (Å²) < 4.78 is 31.5. The van der Waals surface area contributed by atoms with Crippen LogP contribution in [0.15, 0.2) is 53.4 Å². The number of aliphatic hydroxyl groups is 2. The first-order valence-electron chi connectivity index (χ1n) is 9.31. The summed E-state index contributed by atoms with van der Waals surface area (Å²) in [5, 5.41) is 19.2. The number of hydrogen-bond donors (Lipinski definition) is 2. The third-order valence-electron chi connectivity index (χ3n) is 4.55. The molecule has 0 heterocycles. The van der Waals surface area contributed by atoms with Crippen molar-refractivity contribution in [2.24, 2.45) is 0 Å². The van der Waals surface area contributed by atoms with E-state index in [2.05, 4.69) is 13.8 Å². The molecule has 0 aliphatic heterocycles. The van der Waals surface area contributed by atoms with E-state index in [0.717, 1.165) is 11.1 Å². The fraction of sp³-hybridized carbons (Fsp3) is 0.429. The first kappa shape index (κ1) is 22.9. The van der Waals surface area contributed by atoms with Gasteiger partial charge in [0.05, 0.1) is 18.1 Å². The summed E-state index contributed by atoms with van der Waals surface area (Å²) in [4.78, 5) is 0.0843. The summed E-state index contributed by atoms with van der Waals surface area (Å²) in [7, 11) is -6.29. The molecule has 2 aromatic rings. The third kappa shape index (κ3) is 6.06. The Kier molecular flexibility index (Phi) is 8.09. The molecule has 0 spiro atoms. The molecule has 0 atom stereocenters. The van der Waals surface area contributed by atoms with Gasteiger partial charge < -0.3 is 10.2 Å². The first-order valence-corrected chi connectivity index (χ1v) is 12.8. The van der Waals surface area contributed by atoms with E-state index in [1.807, 2.05) is 31.2 Å². The molecular weight excluding hydrogens is 396 g/mol. The number of aryl methyl sites for hydroxylation is 1. The minimum absolute atomic E-state index is 0.0843. The average molecular weight is 427 g/mol. The third-order valence-corrected chi connectivity index (χ3v) is 9.98. The van der Waals surface area contributed by atoms with Crippen LogP contribution in [0.1, 0.15) is 36.5 Å². The van der Waals surface area contributed by atoms with Gasteiger partial charge in [0.1, 0.15) is 0 Å². The first-order chi connectivity index (χ1) is 13.2. The van der Waals surface area contributed by atoms with Gasteiger partial charge in [-0.1, -0.05) is 55.8 Å². The van der Waals surface area contributed by atoms with Crippen LogP contribution in [-0.4, -0.2) is 43.4 Å². The van der Waals surface area contributed by atoms with Gasteiger partial charge in [0.25, 0.3) is 0 Å². The Balaban J connectivity index is 2.34. The van der Waals surface area contributed by atoms with Crippen LogP contribution < -0.4 is 0 Å². The topological polar surface area (TPSA) is 83.8 Å². The predicted molar refractivity (Wildman–Crippen MR) is 115 cm³/mol. The largest absolute Gasteiger partial charge is 0.395 e. The Morgan fingerprint density at radius 3 is 1.89 bits per heavy atom. The Morgan fingerprint density at radius 1 is 0.893 bits per heavy atom. The Labute approximate surface area is 170 Å². The molecule has 5 nitrogen and oxygen atoms in total. The van der Waals surface area contributed by atoms with Crippen LogP contribution in [0.3, 0.4) is 0 Å². The molecule has 0 saturated heterocycles. The van der Waals surface area contributed by atoms with Crippen molar-refractivity contribution in [2.75, 3.05) is 24.7 Å². The van der Waals surface area contributed by atoms with Gasteiger partial charge in [-0.3, -0.25) is 0 Å². The molecule has 7 heteroatoms. The van der Waals surface area contributed by atoms with Gasteiger partial charge in [-0.05, 0) is 36.1 Å². The molecule has 2 aromatic carbocycles. The second-order valence-corrected chi connectivity index (χ2v) is 12.2. The van der Waals surface area contributed by atoms with Crippen molar-refractivity contribution < 1.29 is 22.3 Å². The summed E-state index contributed by atoms with van der Waals surface area (Å²) in [6.07, 6.45) is 0. The summed E-state index contributed by atoms with van der Waals surface area (Å²) in [5.74, 6) is 1.13. The molecular formula is C21H30O5S2. The van der Waals surface area contributed by atoms with Crippen molar-refractivity contribution >= 4 is 20.4 Å². The van der Waals surface area contributed by atoms with E-state index in [0.29, 0.717) is 11.7 Å². The van der Waals surface area contributed by atoms with E-state index in [9.17, 15) is 18.6 Å². The maximum Gasteiger partial charge on any atom is 0.306 e. The smallest absolute Gasteiger partial charge is 0.306 e. The van der Waals surface area contributed by atoms with Gasteiger partial charge in [0.15, 0.2) is 0 Å². The number of hydrogen-bond acceptors (Lipinski definition) is 5. The Hall–Kier alpha value is -1.38. The normalized spacial score (nSPS) is 13.1. The fourth-order valence-electron chi connectivity index (χ4n) is 2.91. The van der Waals surface area contributed by atoms with Crippen LogP contribution in [0.5, 0.6) is 0 Å². The molecule has 0 aliphatic rings. The van der Waals surface area contributed by atoms with Gasteiger partial charge in [-0.15, -0.1) is 10.3 Å². The van der Waals surface area contributed by atoms with Gasteiger partial charge in [0.2, 0.25) is 0 Å². The van der Waals surface area contributed by atoms with Crippen LogP contribution in [0.25, 0.3) is 0 Å². The molecule has 0 aliphatic carbocycles. The summed E-state index contributed by atoms with van der Waals surface area (Å²) in [5.41, 5.74) is 3.08. The minimum Gasteiger partial charge on any atom is -0.395 e. The molecule has 2 N–H and O–H groups in total. The lowest BCUT2D eigenvalue weighted by Gasteiger charge is -2.37. The van der Waals surface area contributed by atoms with E-state index >= 15 is 0 Å². The molecule has 156 valence electrons. The molecule has 0 saturated carbocycles. The van der Waals surface area contributed by atoms with Crippen LogP contribution in [0.4, 0.5) is 0 Å². The highest BCUT2D eigenvalue weighted by atomic mass is 32.3. The van der Waals surface area contributed by atoms with Crippen LogP contribution in [-0.2, 0) is 19.5 Å². The monoisotopic (exact) mass is 426 g/mol. The molecule has 0 aromatic heterocycles. The van der Waals surface area contributed by atoms with Crippen molar-refractivity contribution in [3.05, 3.63) is 65.2 Å². The summed E-state index contributed by atoms with van der Waals surface area (Å²) in [6, 6.07) is 14.5. The van der Waals surface area contributed by atoms with Crippen molar-refractivity contribution in [3.8, 4) is 0 Å². The maximum atomic E-state index is 12.9. The lowest BCUT2D eigenvalue weighted by molar-refractivity contribution is 0.312. The molecule has 0 amide bonds. The van der Waals surface area contributed by atoms with Crippen LogP contribution >= 0.6 is 10.3 Å². The van der Waals surface area contributed by atoms with E-state index < -0.39 is 20.4 Å². The Bertz CT molecular complexity index is 837. The van der Waals surface area contributed by atoms with E-state index in [1.54, 1.807) is 12.1 Å². The van der Waals surface area contributed by atoms with E-state index in [-0.39, 0.29) is 29.6 Å². The molecule has 0 bridgehead atoms. The second kappa shape index (κ2) is 9.89. The SMILES string of the molecule is Cc1ccc(S(=O)(=O)OS(CCO)(CCO)Cc2ccc(C(C)C)cc2)cc1. The quantitative estimate of drug-likeness (QED) is 0.605. The average Bonchev–Trinajstić information content (AvgIpc) is 2.62. The van der Waals surface area contributed by atoms with E-state index in [1.165, 1.54) is 17.7 Å². The molecule has 28 heavy (non-hydrogen) atoms. The van der Waals surface area contributed by atoms with Gasteiger partial charge in [-0.2, -0.15) is 8.42 Å². The molecule has 0 unspecified atom stereocenters. The van der Waals surface area contributed by atoms with Gasteiger partial charge in [-0.25, -0.2) is 3.63 Å². The van der Waals surface area contributed by atoms with Crippen LogP contribution in [0.2, 0.25) is 0 Å². The van der Waals surface area contributed by atoms with E-state index in [4.69, 9.17) is 3.63 Å². The molecule has 0 radical (unpaired) electrons. The zero-order valence-electron chi connectivity index (χ0n) is 16.7. The summed E-state index contributed by atoms with van der Waals surface area (Å²) in [6.45, 7) is 5.69. The highest BCUT2D eigenvalue weighted by Gasteiger charge is 2.32. The van der Waals surface area contributed by atoms with Crippen LogP contribution in [0, 0.1) is 6.92 Å². The zero-order valence-corrected chi connectivity index (χ0v) is 18.3. The maximum absolute atomic E-state index is 12.9. The fourth-order valence-corrected chi connectivity index (χ4v) is 7.91. The highest BCUT2D eigenvalue weighted by Crippen LogP contribution is 2.53. The van der Waals surface area contributed by atoms with Crippen molar-refractivity contribution in [1.29, 1.82) is 0 Å². The zero-order chi connectivity index (χ0) is 20.8. The lowest BCUT2D eigenvalue weighted by atomic mass is 10.0. The lowest BCUT2D eigenvalue weighted by Crippen LogP contribution is -2.23. The Morgan fingerprint density at radius 2 is 1.43 bits per heavy atom. The van der Waals surface area contributed by atoms with Gasteiger partial charge >= 0.3 is 10.1 Å². The second-order valence-electron chi connectivity index (χ2n) is 7.20. The predicted octanol–water partition coefficient (Wildman–Crippen LogP) is 3.73. The number of aliphatic hydroxyl groups excluding tert-OH is 2. The summed E-state index contributed by atoms with van der Waals surface area (Å²) >= 11 is 0. The molecule has 2 rings (SSSR count). The highest BCUT2D eigenvalue weighted by molar-refractivity contribution is 8.32. The number of rotatable bonds is 10. The van der Waals surface area contributed by atoms with Gasteiger partial charge in [0, 0.05) is 17.3 Å². The standard InChI is InChI=1S/C21H30O5S2/c1-17(2)20-8-6-19(7-9-20)16-27(14-12-22,15-13-23)26-28(24,25)21-10-4-18(3)5-11-21/h4-11,17,22-23H,12-16H2,1-3H3. The minimum atomic E-state index is -4.01. The number of benzene rings is 2. The van der Waals surface area contributed by atoms with Crippen molar-refractivity contribution in [3.63, 3.8) is 0 Å².